The van der Waals surface area contributed by atoms with E-state index in [2.05, 4.69) is 5.32 Å². The Morgan fingerprint density at radius 3 is 2.38 bits per heavy atom. The van der Waals surface area contributed by atoms with E-state index in [1.807, 2.05) is 6.92 Å². The highest BCUT2D eigenvalue weighted by Crippen LogP contribution is 1.92. The Kier molecular flexibility index (Phi) is 5.46. The first-order valence-electron chi connectivity index (χ1n) is 4.24. The predicted octanol–water partition coefficient (Wildman–Crippen LogP) is -1.19. The van der Waals surface area contributed by atoms with E-state index >= 15 is 0 Å². The summed E-state index contributed by atoms with van der Waals surface area (Å²) in [6.07, 6.45) is 0. The fourth-order valence-corrected chi connectivity index (χ4v) is 1.44. The van der Waals surface area contributed by atoms with Crippen molar-refractivity contribution in [2.75, 3.05) is 32.9 Å². The van der Waals surface area contributed by atoms with Crippen molar-refractivity contribution in [1.82, 2.24) is 9.62 Å². The Labute approximate surface area is 80.3 Å². The number of sulfonamides is 1. The van der Waals surface area contributed by atoms with Crippen LogP contribution in [0.5, 0.6) is 0 Å². The molecule has 0 aliphatic heterocycles. The van der Waals surface area contributed by atoms with Crippen LogP contribution in [0.4, 0.5) is 0 Å². The van der Waals surface area contributed by atoms with E-state index < -0.39 is 10.0 Å². The van der Waals surface area contributed by atoms with Crippen molar-refractivity contribution in [1.29, 1.82) is 0 Å². The van der Waals surface area contributed by atoms with Gasteiger partial charge in [-0.3, -0.25) is 0 Å². The number of nitrogens with zero attached hydrogens (tertiary/aromatic N) is 1. The lowest BCUT2D eigenvalue weighted by molar-refractivity contribution is 0.511. The Morgan fingerprint density at radius 2 is 2.00 bits per heavy atom. The van der Waals surface area contributed by atoms with Gasteiger partial charge in [-0.25, -0.2) is 12.7 Å². The van der Waals surface area contributed by atoms with Crippen LogP contribution in [-0.2, 0) is 10.0 Å². The molecule has 0 aromatic heterocycles. The van der Waals surface area contributed by atoms with Gasteiger partial charge in [0.15, 0.2) is 0 Å². The molecule has 1 atom stereocenters. The largest absolute Gasteiger partial charge is 0.329 e. The summed E-state index contributed by atoms with van der Waals surface area (Å²) in [6, 6.07) is 0.164. The third-order valence-corrected chi connectivity index (χ3v) is 3.60. The normalized spacial score (nSPS) is 14.8. The monoisotopic (exact) mass is 209 g/mol. The van der Waals surface area contributed by atoms with Crippen molar-refractivity contribution >= 4 is 10.0 Å². The second-order valence-corrected chi connectivity index (χ2v) is 5.49. The molecule has 0 radical (unpaired) electrons. The summed E-state index contributed by atoms with van der Waals surface area (Å²) >= 11 is 0. The van der Waals surface area contributed by atoms with Crippen molar-refractivity contribution in [3.63, 3.8) is 0 Å². The molecule has 80 valence electrons. The summed E-state index contributed by atoms with van der Waals surface area (Å²) in [5.41, 5.74) is 5.36. The molecule has 3 N–H and O–H groups in total. The third-order valence-electron chi connectivity index (χ3n) is 1.76. The van der Waals surface area contributed by atoms with Crippen LogP contribution in [0.2, 0.25) is 0 Å². The average Bonchev–Trinajstić information content (AvgIpc) is 2.03. The predicted molar refractivity (Wildman–Crippen MR) is 54.0 cm³/mol. The van der Waals surface area contributed by atoms with Gasteiger partial charge in [0.05, 0.1) is 5.75 Å². The van der Waals surface area contributed by atoms with E-state index in [-0.39, 0.29) is 11.8 Å². The minimum atomic E-state index is -3.07. The van der Waals surface area contributed by atoms with E-state index in [4.69, 9.17) is 5.73 Å². The van der Waals surface area contributed by atoms with Crippen LogP contribution in [0.25, 0.3) is 0 Å². The summed E-state index contributed by atoms with van der Waals surface area (Å²) in [4.78, 5) is 0. The maximum absolute atomic E-state index is 11.3. The van der Waals surface area contributed by atoms with Crippen LogP contribution in [0.3, 0.4) is 0 Å². The third kappa shape index (κ3) is 5.20. The molecule has 6 heteroatoms. The second kappa shape index (κ2) is 5.54. The zero-order valence-electron chi connectivity index (χ0n) is 8.45. The van der Waals surface area contributed by atoms with Gasteiger partial charge in [-0.05, 0) is 6.92 Å². The van der Waals surface area contributed by atoms with Crippen molar-refractivity contribution in [2.45, 2.75) is 13.0 Å². The van der Waals surface area contributed by atoms with Gasteiger partial charge in [0.1, 0.15) is 0 Å². The van der Waals surface area contributed by atoms with Crippen molar-refractivity contribution < 1.29 is 8.42 Å². The Bertz CT molecular complexity index is 226. The smallest absolute Gasteiger partial charge is 0.214 e. The first-order valence-corrected chi connectivity index (χ1v) is 5.84. The van der Waals surface area contributed by atoms with Gasteiger partial charge in [-0.1, -0.05) is 0 Å². The van der Waals surface area contributed by atoms with Crippen molar-refractivity contribution in [3.05, 3.63) is 0 Å². The Balaban J connectivity index is 3.78. The lowest BCUT2D eigenvalue weighted by Gasteiger charge is -2.14. The average molecular weight is 209 g/mol. The van der Waals surface area contributed by atoms with Gasteiger partial charge < -0.3 is 11.1 Å². The van der Waals surface area contributed by atoms with E-state index in [1.54, 1.807) is 0 Å². The van der Waals surface area contributed by atoms with Crippen LogP contribution in [0.15, 0.2) is 0 Å². The molecule has 0 saturated heterocycles. The van der Waals surface area contributed by atoms with E-state index in [1.165, 1.54) is 18.4 Å². The molecule has 0 aliphatic rings. The number of rotatable bonds is 6. The lowest BCUT2D eigenvalue weighted by Crippen LogP contribution is -2.38. The maximum Gasteiger partial charge on any atom is 0.214 e. The molecule has 1 unspecified atom stereocenters. The van der Waals surface area contributed by atoms with Crippen LogP contribution < -0.4 is 11.1 Å². The molecule has 0 heterocycles. The standard InChI is InChI=1S/C7H19N3O2S/c1-7(6-8)9-4-5-13(11,12)10(2)3/h7,9H,4-6,8H2,1-3H3. The van der Waals surface area contributed by atoms with Crippen molar-refractivity contribution in [2.24, 2.45) is 5.73 Å². The highest BCUT2D eigenvalue weighted by atomic mass is 32.2. The van der Waals surface area contributed by atoms with Gasteiger partial charge in [0.2, 0.25) is 10.0 Å². The second-order valence-electron chi connectivity index (χ2n) is 3.19. The molecule has 0 fully saturated rings. The minimum absolute atomic E-state index is 0.115. The number of hydrogen-bond acceptors (Lipinski definition) is 4. The zero-order valence-corrected chi connectivity index (χ0v) is 9.26. The molecule has 0 aromatic rings. The first kappa shape index (κ1) is 12.8. The molecule has 0 spiro atoms. The molecule has 13 heavy (non-hydrogen) atoms. The van der Waals surface area contributed by atoms with Gasteiger partial charge in [-0.2, -0.15) is 0 Å². The Morgan fingerprint density at radius 1 is 1.46 bits per heavy atom. The number of nitrogens with one attached hydrogen (secondary N) is 1. The number of nitrogens with two attached hydrogens (primary N) is 1. The van der Waals surface area contributed by atoms with Gasteiger partial charge >= 0.3 is 0 Å². The molecule has 0 rings (SSSR count). The topological polar surface area (TPSA) is 75.4 Å². The van der Waals surface area contributed by atoms with Crippen LogP contribution >= 0.6 is 0 Å². The van der Waals surface area contributed by atoms with E-state index in [0.29, 0.717) is 13.1 Å². The minimum Gasteiger partial charge on any atom is -0.329 e. The summed E-state index contributed by atoms with van der Waals surface area (Å²) in [7, 11) is -0.0132. The van der Waals surface area contributed by atoms with E-state index in [9.17, 15) is 8.42 Å². The molecule has 0 aromatic carbocycles. The maximum atomic E-state index is 11.3. The summed E-state index contributed by atoms with van der Waals surface area (Å²) in [5.74, 6) is 0.115. The fourth-order valence-electron chi connectivity index (χ4n) is 0.700. The summed E-state index contributed by atoms with van der Waals surface area (Å²) < 4.78 is 23.7. The molecule has 5 nitrogen and oxygen atoms in total. The van der Waals surface area contributed by atoms with Gasteiger partial charge in [0.25, 0.3) is 0 Å². The Hall–Kier alpha value is -0.170. The van der Waals surface area contributed by atoms with Crippen LogP contribution in [-0.4, -0.2) is 51.7 Å². The SMILES string of the molecule is CC(CN)NCCS(=O)(=O)N(C)C. The highest BCUT2D eigenvalue weighted by molar-refractivity contribution is 7.89. The lowest BCUT2D eigenvalue weighted by atomic mass is 10.3. The summed E-state index contributed by atoms with van der Waals surface area (Å²) in [5, 5.41) is 3.01. The van der Waals surface area contributed by atoms with Gasteiger partial charge in [-0.15, -0.1) is 0 Å². The number of hydrogen-bond donors (Lipinski definition) is 2. The molecular weight excluding hydrogens is 190 g/mol. The van der Waals surface area contributed by atoms with Gasteiger partial charge in [0, 0.05) is 33.2 Å². The first-order chi connectivity index (χ1) is 5.90. The molecule has 0 amide bonds. The van der Waals surface area contributed by atoms with E-state index in [0.717, 1.165) is 0 Å². The molecule has 0 aliphatic carbocycles. The van der Waals surface area contributed by atoms with Crippen LogP contribution in [0.1, 0.15) is 6.92 Å². The summed E-state index contributed by atoms with van der Waals surface area (Å²) in [6.45, 7) is 2.88. The quantitative estimate of drug-likeness (QED) is 0.577. The highest BCUT2D eigenvalue weighted by Gasteiger charge is 2.12. The zero-order chi connectivity index (χ0) is 10.5. The molecule has 0 bridgehead atoms. The molecular formula is C7H19N3O2S. The molecule has 0 saturated carbocycles. The van der Waals surface area contributed by atoms with Crippen LogP contribution in [0, 0.1) is 0 Å². The fraction of sp³-hybridized carbons (Fsp3) is 1.00. The van der Waals surface area contributed by atoms with Crippen molar-refractivity contribution in [3.8, 4) is 0 Å².